The smallest absolute Gasteiger partial charge is 0.117 e. The molecular formula is C15H26N2O. The number of aryl methyl sites for hydroxylation is 1. The van der Waals surface area contributed by atoms with E-state index in [1.807, 2.05) is 13.0 Å². The molecule has 0 bridgehead atoms. The maximum atomic E-state index is 5.57. The lowest BCUT2D eigenvalue weighted by molar-refractivity contribution is 0.383. The molecule has 2 heterocycles. The number of nitrogens with one attached hydrogen (secondary N) is 2. The zero-order chi connectivity index (χ0) is 12.8. The molecule has 0 spiro atoms. The molecule has 0 aromatic carbocycles. The van der Waals surface area contributed by atoms with Crippen molar-refractivity contribution in [2.45, 2.75) is 64.6 Å². The van der Waals surface area contributed by atoms with E-state index >= 15 is 0 Å². The maximum absolute atomic E-state index is 5.57. The normalized spacial score (nSPS) is 22.7. The number of hydrogen-bond donors (Lipinski definition) is 2. The third-order valence-corrected chi connectivity index (χ3v) is 3.72. The largest absolute Gasteiger partial charge is 0.465 e. The standard InChI is InChI=1S/C15H26N2O/c1-12(10-14-6-4-3-5-9-16-14)17-11-15-8-7-13(2)18-15/h7-8,12,14,16-17H,3-6,9-11H2,1-2H3. The van der Waals surface area contributed by atoms with E-state index in [2.05, 4.69) is 23.6 Å². The van der Waals surface area contributed by atoms with E-state index in [4.69, 9.17) is 4.42 Å². The lowest BCUT2D eigenvalue weighted by Crippen LogP contribution is -2.36. The van der Waals surface area contributed by atoms with Gasteiger partial charge in [0.1, 0.15) is 11.5 Å². The van der Waals surface area contributed by atoms with Crippen LogP contribution in [-0.2, 0) is 6.54 Å². The molecule has 102 valence electrons. The van der Waals surface area contributed by atoms with Crippen LogP contribution in [0.2, 0.25) is 0 Å². The van der Waals surface area contributed by atoms with E-state index in [-0.39, 0.29) is 0 Å². The second-order valence-electron chi connectivity index (χ2n) is 5.53. The van der Waals surface area contributed by atoms with Gasteiger partial charge in [0.15, 0.2) is 0 Å². The first-order valence-corrected chi connectivity index (χ1v) is 7.26. The SMILES string of the molecule is Cc1ccc(CNC(C)CC2CCCCCN2)o1. The summed E-state index contributed by atoms with van der Waals surface area (Å²) in [5, 5.41) is 7.20. The molecule has 2 rings (SSSR count). The van der Waals surface area contributed by atoms with Crippen LogP contribution < -0.4 is 10.6 Å². The van der Waals surface area contributed by atoms with Gasteiger partial charge in [0, 0.05) is 12.1 Å². The number of hydrogen-bond acceptors (Lipinski definition) is 3. The predicted molar refractivity (Wildman–Crippen MR) is 74.6 cm³/mol. The fourth-order valence-corrected chi connectivity index (χ4v) is 2.67. The summed E-state index contributed by atoms with van der Waals surface area (Å²) >= 11 is 0. The van der Waals surface area contributed by atoms with Gasteiger partial charge in [-0.3, -0.25) is 0 Å². The summed E-state index contributed by atoms with van der Waals surface area (Å²) in [6.45, 7) is 6.28. The molecule has 1 saturated heterocycles. The monoisotopic (exact) mass is 250 g/mol. The first-order chi connectivity index (χ1) is 8.74. The molecule has 2 atom stereocenters. The Morgan fingerprint density at radius 2 is 2.28 bits per heavy atom. The Kier molecular flexibility index (Phi) is 5.26. The van der Waals surface area contributed by atoms with Crippen molar-refractivity contribution < 1.29 is 4.42 Å². The molecule has 18 heavy (non-hydrogen) atoms. The third-order valence-electron chi connectivity index (χ3n) is 3.72. The van der Waals surface area contributed by atoms with Gasteiger partial charge in [-0.25, -0.2) is 0 Å². The molecule has 2 unspecified atom stereocenters. The van der Waals surface area contributed by atoms with Crippen LogP contribution in [0.1, 0.15) is 50.5 Å². The summed E-state index contributed by atoms with van der Waals surface area (Å²) in [6, 6.07) is 5.30. The van der Waals surface area contributed by atoms with Gasteiger partial charge in [-0.15, -0.1) is 0 Å². The fourth-order valence-electron chi connectivity index (χ4n) is 2.67. The molecule has 1 aromatic heterocycles. The van der Waals surface area contributed by atoms with Gasteiger partial charge in [0.25, 0.3) is 0 Å². The van der Waals surface area contributed by atoms with E-state index in [1.54, 1.807) is 0 Å². The lowest BCUT2D eigenvalue weighted by Gasteiger charge is -2.21. The van der Waals surface area contributed by atoms with Crippen molar-refractivity contribution in [2.75, 3.05) is 6.54 Å². The van der Waals surface area contributed by atoms with Gasteiger partial charge in [-0.05, 0) is 51.8 Å². The molecular weight excluding hydrogens is 224 g/mol. The first kappa shape index (κ1) is 13.6. The Morgan fingerprint density at radius 1 is 1.39 bits per heavy atom. The van der Waals surface area contributed by atoms with Crippen molar-refractivity contribution in [1.29, 1.82) is 0 Å². The van der Waals surface area contributed by atoms with Gasteiger partial charge in [-0.1, -0.05) is 12.8 Å². The Labute approximate surface area is 110 Å². The molecule has 3 nitrogen and oxygen atoms in total. The van der Waals surface area contributed by atoms with E-state index in [0.717, 1.165) is 18.1 Å². The highest BCUT2D eigenvalue weighted by molar-refractivity contribution is 5.05. The third kappa shape index (κ3) is 4.46. The summed E-state index contributed by atoms with van der Waals surface area (Å²) < 4.78 is 5.57. The van der Waals surface area contributed by atoms with Crippen molar-refractivity contribution in [3.63, 3.8) is 0 Å². The van der Waals surface area contributed by atoms with Crippen molar-refractivity contribution in [2.24, 2.45) is 0 Å². The lowest BCUT2D eigenvalue weighted by atomic mass is 10.0. The van der Waals surface area contributed by atoms with Gasteiger partial charge < -0.3 is 15.1 Å². The summed E-state index contributed by atoms with van der Waals surface area (Å²) in [5.41, 5.74) is 0. The van der Waals surface area contributed by atoms with Crippen LogP contribution in [0.15, 0.2) is 16.5 Å². The van der Waals surface area contributed by atoms with Crippen LogP contribution in [0, 0.1) is 6.92 Å². The Morgan fingerprint density at radius 3 is 3.06 bits per heavy atom. The maximum Gasteiger partial charge on any atom is 0.117 e. The zero-order valence-electron chi connectivity index (χ0n) is 11.7. The summed E-state index contributed by atoms with van der Waals surface area (Å²) in [6.07, 6.45) is 6.63. The second kappa shape index (κ2) is 6.95. The van der Waals surface area contributed by atoms with Crippen LogP contribution in [0.5, 0.6) is 0 Å². The molecule has 1 fully saturated rings. The zero-order valence-corrected chi connectivity index (χ0v) is 11.7. The highest BCUT2D eigenvalue weighted by Crippen LogP contribution is 2.13. The van der Waals surface area contributed by atoms with Gasteiger partial charge in [-0.2, -0.15) is 0 Å². The second-order valence-corrected chi connectivity index (χ2v) is 5.53. The van der Waals surface area contributed by atoms with Crippen molar-refractivity contribution in [1.82, 2.24) is 10.6 Å². The Hall–Kier alpha value is -0.800. The van der Waals surface area contributed by atoms with Crippen molar-refractivity contribution in [3.8, 4) is 0 Å². The van der Waals surface area contributed by atoms with E-state index in [0.29, 0.717) is 12.1 Å². The topological polar surface area (TPSA) is 37.2 Å². The van der Waals surface area contributed by atoms with Crippen molar-refractivity contribution >= 4 is 0 Å². The summed E-state index contributed by atoms with van der Waals surface area (Å²) in [4.78, 5) is 0. The van der Waals surface area contributed by atoms with Gasteiger partial charge in [0.2, 0.25) is 0 Å². The first-order valence-electron chi connectivity index (χ1n) is 7.26. The number of rotatable bonds is 5. The fraction of sp³-hybridized carbons (Fsp3) is 0.733. The van der Waals surface area contributed by atoms with Crippen LogP contribution >= 0.6 is 0 Å². The molecule has 1 aliphatic rings. The minimum Gasteiger partial charge on any atom is -0.465 e. The molecule has 0 radical (unpaired) electrons. The van der Waals surface area contributed by atoms with Crippen LogP contribution in [0.25, 0.3) is 0 Å². The van der Waals surface area contributed by atoms with E-state index in [9.17, 15) is 0 Å². The van der Waals surface area contributed by atoms with Crippen LogP contribution in [0.3, 0.4) is 0 Å². The van der Waals surface area contributed by atoms with Crippen LogP contribution in [0.4, 0.5) is 0 Å². The Bertz CT molecular complexity index is 340. The molecule has 1 aromatic rings. The summed E-state index contributed by atoms with van der Waals surface area (Å²) in [5.74, 6) is 2.03. The van der Waals surface area contributed by atoms with Crippen LogP contribution in [-0.4, -0.2) is 18.6 Å². The minimum absolute atomic E-state index is 0.533. The average molecular weight is 250 g/mol. The predicted octanol–water partition coefficient (Wildman–Crippen LogP) is 2.99. The quantitative estimate of drug-likeness (QED) is 0.843. The summed E-state index contributed by atoms with van der Waals surface area (Å²) in [7, 11) is 0. The van der Waals surface area contributed by atoms with Crippen molar-refractivity contribution in [3.05, 3.63) is 23.7 Å². The molecule has 0 aliphatic carbocycles. The highest BCUT2D eigenvalue weighted by atomic mass is 16.3. The minimum atomic E-state index is 0.533. The molecule has 0 amide bonds. The van der Waals surface area contributed by atoms with E-state index < -0.39 is 0 Å². The van der Waals surface area contributed by atoms with Gasteiger partial charge in [0.05, 0.1) is 6.54 Å². The number of furan rings is 1. The molecule has 3 heteroatoms. The molecule has 0 saturated carbocycles. The van der Waals surface area contributed by atoms with Gasteiger partial charge >= 0.3 is 0 Å². The Balaban J connectivity index is 1.69. The van der Waals surface area contributed by atoms with E-state index in [1.165, 1.54) is 38.6 Å². The average Bonchev–Trinajstić information content (AvgIpc) is 2.60. The highest BCUT2D eigenvalue weighted by Gasteiger charge is 2.14. The molecule has 1 aliphatic heterocycles. The molecule has 2 N–H and O–H groups in total.